The Bertz CT molecular complexity index is 739. The molecular weight excluding hydrogens is 296 g/mol. The zero-order valence-corrected chi connectivity index (χ0v) is 14.7. The minimum absolute atomic E-state index is 0.965. The molecule has 23 heavy (non-hydrogen) atoms. The highest BCUT2D eigenvalue weighted by Gasteiger charge is 2.11. The molecule has 0 nitrogen and oxygen atoms in total. The molecule has 0 amide bonds. The van der Waals surface area contributed by atoms with Crippen LogP contribution in [-0.2, 0) is 6.42 Å². The summed E-state index contributed by atoms with van der Waals surface area (Å²) in [5.74, 6) is 1.24. The molecule has 3 rings (SSSR count). The van der Waals surface area contributed by atoms with E-state index in [2.05, 4.69) is 62.5 Å². The molecule has 1 heteroatoms. The zero-order chi connectivity index (χ0) is 16.2. The van der Waals surface area contributed by atoms with Gasteiger partial charge in [0.05, 0.1) is 0 Å². The number of benzene rings is 2. The Labute approximate surface area is 144 Å². The predicted molar refractivity (Wildman–Crippen MR) is 104 cm³/mol. The molecule has 0 saturated heterocycles. The van der Waals surface area contributed by atoms with Crippen molar-refractivity contribution in [3.8, 4) is 0 Å². The van der Waals surface area contributed by atoms with Crippen LogP contribution in [0.1, 0.15) is 41.5 Å². The van der Waals surface area contributed by atoms with E-state index in [1.54, 1.807) is 0 Å². The van der Waals surface area contributed by atoms with E-state index in [4.69, 9.17) is 0 Å². The number of allylic oxidation sites excluding steroid dienone is 2. The van der Waals surface area contributed by atoms with Gasteiger partial charge in [-0.2, -0.15) is 0 Å². The van der Waals surface area contributed by atoms with Gasteiger partial charge in [-0.25, -0.2) is 0 Å². The summed E-state index contributed by atoms with van der Waals surface area (Å²) in [5.41, 5.74) is 7.74. The smallest absolute Gasteiger partial charge is 0.0110 e. The highest BCUT2D eigenvalue weighted by molar-refractivity contribution is 7.99. The average Bonchev–Trinajstić information content (AvgIpc) is 2.59. The number of hydrogen-bond donors (Lipinski definition) is 0. The van der Waals surface area contributed by atoms with Gasteiger partial charge in [-0.05, 0) is 72.3 Å². The molecule has 0 unspecified atom stereocenters. The van der Waals surface area contributed by atoms with Crippen molar-refractivity contribution in [2.24, 2.45) is 0 Å². The summed E-state index contributed by atoms with van der Waals surface area (Å²) in [6, 6.07) is 15.4. The Morgan fingerprint density at radius 2 is 1.74 bits per heavy atom. The standard InChI is InChI=1S/C22H24S/c1-16-6-4-7-20(14-16)17(2)9-10-18(3)21-12-11-19-8-5-13-23-22(19)15-21/h4,6-7,11-12,14-15H,2-3,5,8-10,13H2,1H3. The quantitative estimate of drug-likeness (QED) is 0.602. The summed E-state index contributed by atoms with van der Waals surface area (Å²) in [4.78, 5) is 1.45. The molecule has 0 aromatic heterocycles. The fourth-order valence-corrected chi connectivity index (χ4v) is 4.09. The minimum Gasteiger partial charge on any atom is -0.126 e. The summed E-state index contributed by atoms with van der Waals surface area (Å²) >= 11 is 1.98. The average molecular weight is 321 g/mol. The largest absolute Gasteiger partial charge is 0.126 e. The molecule has 1 heterocycles. The molecular formula is C22H24S. The lowest BCUT2D eigenvalue weighted by molar-refractivity contribution is 0.889. The molecule has 0 saturated carbocycles. The Hall–Kier alpha value is -1.73. The van der Waals surface area contributed by atoms with Crippen LogP contribution in [0.15, 0.2) is 60.5 Å². The summed E-state index contributed by atoms with van der Waals surface area (Å²) in [5, 5.41) is 0. The SMILES string of the molecule is C=C(CCC(=C)c1ccc2c(c1)SCCC2)c1cccc(C)c1. The van der Waals surface area contributed by atoms with Gasteiger partial charge in [-0.3, -0.25) is 0 Å². The summed E-state index contributed by atoms with van der Waals surface area (Å²) in [6.07, 6.45) is 4.45. The van der Waals surface area contributed by atoms with E-state index in [-0.39, 0.29) is 0 Å². The second-order valence-electron chi connectivity index (χ2n) is 6.35. The molecule has 118 valence electrons. The Kier molecular flexibility index (Phi) is 5.07. The van der Waals surface area contributed by atoms with Crippen LogP contribution in [0, 0.1) is 6.92 Å². The van der Waals surface area contributed by atoms with Crippen molar-refractivity contribution in [2.45, 2.75) is 37.5 Å². The first-order valence-electron chi connectivity index (χ1n) is 8.32. The molecule has 0 spiro atoms. The van der Waals surface area contributed by atoms with E-state index in [1.807, 2.05) is 11.8 Å². The highest BCUT2D eigenvalue weighted by Crippen LogP contribution is 2.33. The monoisotopic (exact) mass is 320 g/mol. The van der Waals surface area contributed by atoms with E-state index < -0.39 is 0 Å². The van der Waals surface area contributed by atoms with E-state index >= 15 is 0 Å². The number of rotatable bonds is 5. The molecule has 0 radical (unpaired) electrons. The molecule has 2 aromatic carbocycles. The number of hydrogen-bond acceptors (Lipinski definition) is 1. The fraction of sp³-hybridized carbons (Fsp3) is 0.273. The van der Waals surface area contributed by atoms with Gasteiger partial charge < -0.3 is 0 Å². The zero-order valence-electron chi connectivity index (χ0n) is 13.9. The van der Waals surface area contributed by atoms with Gasteiger partial charge >= 0.3 is 0 Å². The van der Waals surface area contributed by atoms with Crippen LogP contribution in [0.25, 0.3) is 11.1 Å². The Morgan fingerprint density at radius 3 is 2.48 bits per heavy atom. The number of aryl methyl sites for hydroxylation is 2. The van der Waals surface area contributed by atoms with Crippen LogP contribution in [0.2, 0.25) is 0 Å². The lowest BCUT2D eigenvalue weighted by Gasteiger charge is -2.17. The molecule has 0 atom stereocenters. The van der Waals surface area contributed by atoms with Crippen molar-refractivity contribution in [2.75, 3.05) is 5.75 Å². The van der Waals surface area contributed by atoms with E-state index in [0.29, 0.717) is 0 Å². The van der Waals surface area contributed by atoms with Gasteiger partial charge in [0.2, 0.25) is 0 Å². The van der Waals surface area contributed by atoms with E-state index in [0.717, 1.165) is 12.8 Å². The van der Waals surface area contributed by atoms with Gasteiger partial charge in [-0.1, -0.05) is 55.1 Å². The van der Waals surface area contributed by atoms with Crippen LogP contribution in [0.4, 0.5) is 0 Å². The lowest BCUT2D eigenvalue weighted by atomic mass is 9.95. The first-order valence-corrected chi connectivity index (χ1v) is 9.31. The van der Waals surface area contributed by atoms with E-state index in [1.165, 1.54) is 56.9 Å². The first-order chi connectivity index (χ1) is 11.1. The van der Waals surface area contributed by atoms with Crippen LogP contribution < -0.4 is 0 Å². The second kappa shape index (κ2) is 7.23. The van der Waals surface area contributed by atoms with Crippen molar-refractivity contribution < 1.29 is 0 Å². The van der Waals surface area contributed by atoms with Crippen molar-refractivity contribution >= 4 is 22.9 Å². The van der Waals surface area contributed by atoms with Crippen LogP contribution >= 0.6 is 11.8 Å². The van der Waals surface area contributed by atoms with Crippen molar-refractivity contribution in [1.29, 1.82) is 0 Å². The van der Waals surface area contributed by atoms with Gasteiger partial charge in [-0.15, -0.1) is 11.8 Å². The fourth-order valence-electron chi connectivity index (χ4n) is 3.02. The van der Waals surface area contributed by atoms with Crippen LogP contribution in [-0.4, -0.2) is 5.75 Å². The van der Waals surface area contributed by atoms with Crippen LogP contribution in [0.3, 0.4) is 0 Å². The Morgan fingerprint density at radius 1 is 1.00 bits per heavy atom. The second-order valence-corrected chi connectivity index (χ2v) is 7.49. The maximum absolute atomic E-state index is 4.31. The third-order valence-electron chi connectivity index (χ3n) is 4.48. The van der Waals surface area contributed by atoms with Crippen molar-refractivity contribution in [3.05, 3.63) is 77.9 Å². The maximum atomic E-state index is 4.31. The Balaban J connectivity index is 1.64. The van der Waals surface area contributed by atoms with Gasteiger partial charge in [0.25, 0.3) is 0 Å². The maximum Gasteiger partial charge on any atom is 0.0110 e. The molecule has 0 bridgehead atoms. The van der Waals surface area contributed by atoms with Gasteiger partial charge in [0.15, 0.2) is 0 Å². The minimum atomic E-state index is 0.965. The molecule has 0 fully saturated rings. The number of thioether (sulfide) groups is 1. The third-order valence-corrected chi connectivity index (χ3v) is 5.66. The molecule has 1 aliphatic rings. The summed E-state index contributed by atoms with van der Waals surface area (Å²) in [7, 11) is 0. The highest BCUT2D eigenvalue weighted by atomic mass is 32.2. The third kappa shape index (κ3) is 3.97. The number of fused-ring (bicyclic) bond motifs is 1. The molecule has 0 N–H and O–H groups in total. The summed E-state index contributed by atoms with van der Waals surface area (Å²) < 4.78 is 0. The normalized spacial score (nSPS) is 13.4. The predicted octanol–water partition coefficient (Wildman–Crippen LogP) is 6.54. The van der Waals surface area contributed by atoms with Gasteiger partial charge in [0.1, 0.15) is 0 Å². The molecule has 0 aliphatic carbocycles. The molecule has 2 aromatic rings. The van der Waals surface area contributed by atoms with E-state index in [9.17, 15) is 0 Å². The summed E-state index contributed by atoms with van der Waals surface area (Å²) in [6.45, 7) is 10.7. The van der Waals surface area contributed by atoms with Crippen LogP contribution in [0.5, 0.6) is 0 Å². The van der Waals surface area contributed by atoms with Gasteiger partial charge in [0, 0.05) is 4.90 Å². The topological polar surface area (TPSA) is 0 Å². The lowest BCUT2D eigenvalue weighted by Crippen LogP contribution is -1.99. The van der Waals surface area contributed by atoms with Crippen molar-refractivity contribution in [3.63, 3.8) is 0 Å². The van der Waals surface area contributed by atoms with Crippen molar-refractivity contribution in [1.82, 2.24) is 0 Å². The first kappa shape index (κ1) is 16.1. The molecule has 1 aliphatic heterocycles.